The Hall–Kier alpha value is -0.940. The summed E-state index contributed by atoms with van der Waals surface area (Å²) in [6, 6.07) is 0. The summed E-state index contributed by atoms with van der Waals surface area (Å²) in [6.45, 7) is 7.35. The molecule has 20 heavy (non-hydrogen) atoms. The van der Waals surface area contributed by atoms with Crippen molar-refractivity contribution >= 4 is 0 Å². The van der Waals surface area contributed by atoms with Gasteiger partial charge in [-0.2, -0.15) is 4.98 Å². The molecule has 5 nitrogen and oxygen atoms in total. The molecule has 112 valence electrons. The van der Waals surface area contributed by atoms with Crippen LogP contribution in [-0.2, 0) is 6.54 Å². The Kier molecular flexibility index (Phi) is 4.68. The summed E-state index contributed by atoms with van der Waals surface area (Å²) in [4.78, 5) is 7.02. The van der Waals surface area contributed by atoms with Crippen molar-refractivity contribution in [3.63, 3.8) is 0 Å². The minimum absolute atomic E-state index is 0.526. The summed E-state index contributed by atoms with van der Waals surface area (Å²) < 4.78 is 5.45. The van der Waals surface area contributed by atoms with Crippen LogP contribution in [-0.4, -0.2) is 41.2 Å². The second kappa shape index (κ2) is 6.68. The summed E-state index contributed by atoms with van der Waals surface area (Å²) in [7, 11) is 0. The van der Waals surface area contributed by atoms with E-state index in [2.05, 4.69) is 27.3 Å². The average molecular weight is 278 g/mol. The van der Waals surface area contributed by atoms with Gasteiger partial charge in [-0.25, -0.2) is 0 Å². The Labute approximate surface area is 121 Å². The molecule has 0 radical (unpaired) electrons. The zero-order chi connectivity index (χ0) is 13.8. The fourth-order valence-corrected chi connectivity index (χ4v) is 3.39. The van der Waals surface area contributed by atoms with E-state index in [4.69, 9.17) is 4.52 Å². The van der Waals surface area contributed by atoms with Crippen molar-refractivity contribution in [2.24, 2.45) is 5.92 Å². The summed E-state index contributed by atoms with van der Waals surface area (Å²) in [6.07, 6.45) is 6.41. The number of nitrogens with zero attached hydrogens (tertiary/aromatic N) is 3. The molecule has 0 amide bonds. The average Bonchev–Trinajstić information content (AvgIpc) is 2.97. The molecule has 1 N–H and O–H groups in total. The Morgan fingerprint density at radius 2 is 1.95 bits per heavy atom. The number of hydrogen-bond acceptors (Lipinski definition) is 5. The van der Waals surface area contributed by atoms with Crippen LogP contribution in [0.1, 0.15) is 56.7 Å². The van der Waals surface area contributed by atoms with Crippen molar-refractivity contribution in [3.8, 4) is 0 Å². The highest BCUT2D eigenvalue weighted by atomic mass is 16.5. The molecule has 1 aromatic heterocycles. The maximum absolute atomic E-state index is 5.45. The van der Waals surface area contributed by atoms with Gasteiger partial charge in [-0.05, 0) is 31.6 Å². The maximum atomic E-state index is 5.45. The molecule has 1 aliphatic carbocycles. The quantitative estimate of drug-likeness (QED) is 0.914. The molecule has 2 aliphatic rings. The topological polar surface area (TPSA) is 54.2 Å². The Bertz CT molecular complexity index is 406. The predicted octanol–water partition coefficient (Wildman–Crippen LogP) is 2.16. The first-order valence-corrected chi connectivity index (χ1v) is 8.10. The van der Waals surface area contributed by atoms with E-state index < -0.39 is 0 Å². The predicted molar refractivity (Wildman–Crippen MR) is 77.4 cm³/mol. The highest BCUT2D eigenvalue weighted by Crippen LogP contribution is 2.35. The lowest BCUT2D eigenvalue weighted by Gasteiger charge is -2.26. The first kappa shape index (κ1) is 14.0. The minimum atomic E-state index is 0.526. The van der Waals surface area contributed by atoms with Crippen LogP contribution in [0.4, 0.5) is 0 Å². The molecule has 5 heteroatoms. The van der Waals surface area contributed by atoms with Crippen LogP contribution in [0.15, 0.2) is 4.52 Å². The molecule has 1 saturated heterocycles. The van der Waals surface area contributed by atoms with Gasteiger partial charge in [-0.15, -0.1) is 0 Å². The molecule has 3 rings (SSSR count). The third-order valence-electron chi connectivity index (χ3n) is 4.84. The van der Waals surface area contributed by atoms with Crippen molar-refractivity contribution in [2.75, 3.05) is 26.2 Å². The van der Waals surface area contributed by atoms with Gasteiger partial charge in [0, 0.05) is 32.1 Å². The number of piperazine rings is 1. The summed E-state index contributed by atoms with van der Waals surface area (Å²) in [5, 5.41) is 7.59. The van der Waals surface area contributed by atoms with Crippen molar-refractivity contribution in [1.82, 2.24) is 20.4 Å². The van der Waals surface area contributed by atoms with E-state index in [1.54, 1.807) is 0 Å². The van der Waals surface area contributed by atoms with Crippen molar-refractivity contribution in [3.05, 3.63) is 11.7 Å². The van der Waals surface area contributed by atoms with E-state index in [0.717, 1.165) is 50.4 Å². The molecule has 0 unspecified atom stereocenters. The van der Waals surface area contributed by atoms with Crippen LogP contribution < -0.4 is 5.32 Å². The van der Waals surface area contributed by atoms with Crippen molar-refractivity contribution in [2.45, 2.75) is 51.5 Å². The lowest BCUT2D eigenvalue weighted by molar-refractivity contribution is 0.203. The maximum Gasteiger partial charge on any atom is 0.240 e. The van der Waals surface area contributed by atoms with E-state index in [0.29, 0.717) is 5.92 Å². The van der Waals surface area contributed by atoms with Gasteiger partial charge >= 0.3 is 0 Å². The summed E-state index contributed by atoms with van der Waals surface area (Å²) in [5.41, 5.74) is 0. The largest absolute Gasteiger partial charge is 0.338 e. The zero-order valence-electron chi connectivity index (χ0n) is 12.5. The van der Waals surface area contributed by atoms with E-state index >= 15 is 0 Å². The van der Waals surface area contributed by atoms with Gasteiger partial charge in [0.2, 0.25) is 5.89 Å². The number of rotatable bonds is 4. The van der Waals surface area contributed by atoms with Gasteiger partial charge in [0.15, 0.2) is 5.82 Å². The molecule has 1 aromatic rings. The second-order valence-corrected chi connectivity index (χ2v) is 6.20. The molecule has 0 bridgehead atoms. The Morgan fingerprint density at radius 1 is 1.20 bits per heavy atom. The van der Waals surface area contributed by atoms with E-state index in [1.807, 2.05) is 0 Å². The van der Waals surface area contributed by atoms with Crippen LogP contribution in [0.25, 0.3) is 0 Å². The van der Waals surface area contributed by atoms with Gasteiger partial charge in [0.05, 0.1) is 6.54 Å². The number of aromatic nitrogens is 2. The third-order valence-corrected chi connectivity index (χ3v) is 4.84. The molecular formula is C15H26N4O. The smallest absolute Gasteiger partial charge is 0.240 e. The van der Waals surface area contributed by atoms with Crippen LogP contribution in [0, 0.1) is 5.92 Å². The highest BCUT2D eigenvalue weighted by Gasteiger charge is 2.25. The normalized spacial score (nSPS) is 28.6. The fourth-order valence-electron chi connectivity index (χ4n) is 3.39. The molecule has 1 aliphatic heterocycles. The van der Waals surface area contributed by atoms with E-state index in [1.165, 1.54) is 32.1 Å². The second-order valence-electron chi connectivity index (χ2n) is 6.20. The van der Waals surface area contributed by atoms with Gasteiger partial charge in [0.25, 0.3) is 0 Å². The number of hydrogen-bond donors (Lipinski definition) is 1. The first-order chi connectivity index (χ1) is 9.85. The van der Waals surface area contributed by atoms with Crippen molar-refractivity contribution in [1.29, 1.82) is 0 Å². The fraction of sp³-hybridized carbons (Fsp3) is 0.867. The lowest BCUT2D eigenvalue weighted by atomic mass is 9.80. The summed E-state index contributed by atoms with van der Waals surface area (Å²) in [5.74, 6) is 3.18. The number of nitrogens with one attached hydrogen (secondary N) is 1. The van der Waals surface area contributed by atoms with E-state index in [9.17, 15) is 0 Å². The minimum Gasteiger partial charge on any atom is -0.338 e. The third kappa shape index (κ3) is 3.38. The molecule has 0 atom stereocenters. The standard InChI is InChI=1S/C15H26N4O/c1-2-12-3-5-13(6-4-12)15-17-14(20-18-15)11-19-9-7-16-8-10-19/h12-13,16H,2-11H2,1H3. The van der Waals surface area contributed by atoms with Crippen LogP contribution in [0.3, 0.4) is 0 Å². The van der Waals surface area contributed by atoms with Gasteiger partial charge in [0.1, 0.15) is 0 Å². The van der Waals surface area contributed by atoms with Crippen LogP contribution >= 0.6 is 0 Å². The molecule has 0 spiro atoms. The monoisotopic (exact) mass is 278 g/mol. The van der Waals surface area contributed by atoms with Gasteiger partial charge in [-0.1, -0.05) is 18.5 Å². The van der Waals surface area contributed by atoms with Crippen LogP contribution in [0.2, 0.25) is 0 Å². The molecular weight excluding hydrogens is 252 g/mol. The van der Waals surface area contributed by atoms with E-state index in [-0.39, 0.29) is 0 Å². The molecule has 0 aromatic carbocycles. The molecule has 2 fully saturated rings. The van der Waals surface area contributed by atoms with Crippen LogP contribution in [0.5, 0.6) is 0 Å². The lowest BCUT2D eigenvalue weighted by Crippen LogP contribution is -2.42. The highest BCUT2D eigenvalue weighted by molar-refractivity contribution is 4.98. The van der Waals surface area contributed by atoms with Crippen molar-refractivity contribution < 1.29 is 4.52 Å². The molecule has 1 saturated carbocycles. The zero-order valence-corrected chi connectivity index (χ0v) is 12.5. The SMILES string of the molecule is CCC1CCC(c2noc(CN3CCNCC3)n2)CC1. The first-order valence-electron chi connectivity index (χ1n) is 8.10. The Balaban J connectivity index is 1.54. The molecule has 2 heterocycles. The van der Waals surface area contributed by atoms with Gasteiger partial charge < -0.3 is 9.84 Å². The summed E-state index contributed by atoms with van der Waals surface area (Å²) >= 11 is 0. The van der Waals surface area contributed by atoms with Gasteiger partial charge in [-0.3, -0.25) is 4.90 Å². The Morgan fingerprint density at radius 3 is 2.65 bits per heavy atom.